The number of nitrogens with one attached hydrogen (secondary N) is 1. The van der Waals surface area contributed by atoms with Crippen molar-refractivity contribution >= 4 is 22.8 Å². The van der Waals surface area contributed by atoms with Crippen LogP contribution in [0.15, 0.2) is 29.1 Å². The molecular formula is C16H15FN2O4. The Hall–Kier alpha value is -2.70. The third-order valence-corrected chi connectivity index (χ3v) is 4.08. The molecule has 2 aromatic rings. The molecule has 1 aliphatic heterocycles. The van der Waals surface area contributed by atoms with Crippen LogP contribution in [0, 0.1) is 5.82 Å². The van der Waals surface area contributed by atoms with E-state index in [1.807, 2.05) is 0 Å². The molecule has 2 N–H and O–H groups in total. The van der Waals surface area contributed by atoms with Crippen LogP contribution in [0.25, 0.3) is 10.9 Å². The Kier molecular flexibility index (Phi) is 3.85. The summed E-state index contributed by atoms with van der Waals surface area (Å²) in [5, 5.41) is 9.69. The number of fused-ring (bicyclic) bond motifs is 1. The second-order valence-corrected chi connectivity index (χ2v) is 5.59. The predicted molar refractivity (Wildman–Crippen MR) is 80.8 cm³/mol. The summed E-state index contributed by atoms with van der Waals surface area (Å²) in [5.74, 6) is -2.10. The number of rotatable bonds is 2. The third kappa shape index (κ3) is 2.81. The van der Waals surface area contributed by atoms with Crippen molar-refractivity contribution in [2.24, 2.45) is 0 Å². The maximum atomic E-state index is 13.3. The number of piperidine rings is 1. The number of aliphatic carboxylic acids is 1. The second-order valence-electron chi connectivity index (χ2n) is 5.59. The Bertz CT molecular complexity index is 846. The second kappa shape index (κ2) is 5.83. The zero-order chi connectivity index (χ0) is 16.6. The fourth-order valence-electron chi connectivity index (χ4n) is 3.00. The SMILES string of the molecule is O=C(O)[C@H]1CCCCN1C(=O)c1cc(=O)[nH]c2cc(F)ccc12. The van der Waals surface area contributed by atoms with Gasteiger partial charge in [0.1, 0.15) is 11.9 Å². The van der Waals surface area contributed by atoms with Gasteiger partial charge in [0.25, 0.3) is 5.91 Å². The molecule has 0 aliphatic carbocycles. The first kappa shape index (κ1) is 15.2. The lowest BCUT2D eigenvalue weighted by molar-refractivity contribution is -0.143. The molecule has 1 aromatic heterocycles. The first-order valence-electron chi connectivity index (χ1n) is 7.34. The highest BCUT2D eigenvalue weighted by Gasteiger charge is 2.33. The van der Waals surface area contributed by atoms with Gasteiger partial charge in [-0.15, -0.1) is 0 Å². The Morgan fingerprint density at radius 3 is 2.78 bits per heavy atom. The fourth-order valence-corrected chi connectivity index (χ4v) is 3.00. The number of nitrogens with zero attached hydrogens (tertiary/aromatic N) is 1. The van der Waals surface area contributed by atoms with Crippen LogP contribution in [-0.4, -0.2) is 39.5 Å². The van der Waals surface area contributed by atoms with E-state index in [2.05, 4.69) is 4.98 Å². The molecule has 0 unspecified atom stereocenters. The maximum absolute atomic E-state index is 13.3. The van der Waals surface area contributed by atoms with Crippen LogP contribution in [0.5, 0.6) is 0 Å². The number of pyridine rings is 1. The molecule has 23 heavy (non-hydrogen) atoms. The first-order chi connectivity index (χ1) is 11.0. The molecule has 7 heteroatoms. The van der Waals surface area contributed by atoms with Gasteiger partial charge < -0.3 is 15.0 Å². The van der Waals surface area contributed by atoms with Crippen molar-refractivity contribution in [3.05, 3.63) is 46.0 Å². The smallest absolute Gasteiger partial charge is 0.326 e. The number of hydrogen-bond donors (Lipinski definition) is 2. The molecule has 1 saturated heterocycles. The molecular weight excluding hydrogens is 303 g/mol. The van der Waals surface area contributed by atoms with E-state index in [1.165, 1.54) is 17.0 Å². The fraction of sp³-hybridized carbons (Fsp3) is 0.312. The van der Waals surface area contributed by atoms with Crippen molar-refractivity contribution in [2.75, 3.05) is 6.54 Å². The molecule has 1 amide bonds. The third-order valence-electron chi connectivity index (χ3n) is 4.08. The maximum Gasteiger partial charge on any atom is 0.326 e. The van der Waals surface area contributed by atoms with E-state index < -0.39 is 29.3 Å². The number of carbonyl (C=O) groups is 2. The van der Waals surface area contributed by atoms with Gasteiger partial charge in [0, 0.05) is 18.0 Å². The highest BCUT2D eigenvalue weighted by molar-refractivity contribution is 6.07. The standard InChI is InChI=1S/C16H15FN2O4/c17-9-4-5-10-11(8-14(20)18-12(10)7-9)15(21)19-6-2-1-3-13(19)16(22)23/h4-5,7-8,13H,1-3,6H2,(H,18,20)(H,22,23)/t13-/m1/s1. The van der Waals surface area contributed by atoms with Crippen LogP contribution in [0.3, 0.4) is 0 Å². The Labute approximate surface area is 130 Å². The number of H-pyrrole nitrogens is 1. The monoisotopic (exact) mass is 318 g/mol. The Morgan fingerprint density at radius 2 is 2.04 bits per heavy atom. The first-order valence-corrected chi connectivity index (χ1v) is 7.34. The normalized spacial score (nSPS) is 18.1. The van der Waals surface area contributed by atoms with Gasteiger partial charge in [0.05, 0.1) is 11.1 Å². The Morgan fingerprint density at radius 1 is 1.26 bits per heavy atom. The van der Waals surface area contributed by atoms with Crippen LogP contribution in [-0.2, 0) is 4.79 Å². The van der Waals surface area contributed by atoms with Gasteiger partial charge in [-0.1, -0.05) is 0 Å². The number of carboxylic acids is 1. The van der Waals surface area contributed by atoms with Crippen LogP contribution in [0.1, 0.15) is 29.6 Å². The van der Waals surface area contributed by atoms with Gasteiger partial charge in [-0.05, 0) is 37.5 Å². The number of aromatic amines is 1. The van der Waals surface area contributed by atoms with Gasteiger partial charge >= 0.3 is 5.97 Å². The Balaban J connectivity index is 2.10. The van der Waals surface area contributed by atoms with Gasteiger partial charge in [-0.3, -0.25) is 9.59 Å². The highest BCUT2D eigenvalue weighted by atomic mass is 19.1. The molecule has 3 rings (SSSR count). The van der Waals surface area contributed by atoms with Gasteiger partial charge in [0.15, 0.2) is 0 Å². The van der Waals surface area contributed by atoms with E-state index in [1.54, 1.807) is 0 Å². The molecule has 0 spiro atoms. The average Bonchev–Trinajstić information content (AvgIpc) is 2.52. The van der Waals surface area contributed by atoms with E-state index in [0.29, 0.717) is 24.8 Å². The number of halogens is 1. The molecule has 1 fully saturated rings. The van der Waals surface area contributed by atoms with Gasteiger partial charge in [-0.25, -0.2) is 9.18 Å². The number of carbonyl (C=O) groups excluding carboxylic acids is 1. The topological polar surface area (TPSA) is 90.5 Å². The van der Waals surface area contributed by atoms with Crippen molar-refractivity contribution in [3.8, 4) is 0 Å². The summed E-state index contributed by atoms with van der Waals surface area (Å²) >= 11 is 0. The van der Waals surface area contributed by atoms with Crippen molar-refractivity contribution in [2.45, 2.75) is 25.3 Å². The summed E-state index contributed by atoms with van der Waals surface area (Å²) in [6.07, 6.45) is 1.84. The number of amides is 1. The summed E-state index contributed by atoms with van der Waals surface area (Å²) in [7, 11) is 0. The molecule has 1 aliphatic rings. The number of hydrogen-bond acceptors (Lipinski definition) is 3. The van der Waals surface area contributed by atoms with Crippen molar-refractivity contribution in [1.29, 1.82) is 0 Å². The summed E-state index contributed by atoms with van der Waals surface area (Å²) in [6, 6.07) is 3.98. The molecule has 6 nitrogen and oxygen atoms in total. The molecule has 1 atom stereocenters. The van der Waals surface area contributed by atoms with Crippen molar-refractivity contribution in [1.82, 2.24) is 9.88 Å². The zero-order valence-electron chi connectivity index (χ0n) is 12.2. The summed E-state index contributed by atoms with van der Waals surface area (Å²) in [5.41, 5.74) is -0.225. The minimum atomic E-state index is -1.06. The average molecular weight is 318 g/mol. The summed E-state index contributed by atoms with van der Waals surface area (Å²) in [6.45, 7) is 0.325. The van der Waals surface area contributed by atoms with E-state index in [9.17, 15) is 23.9 Å². The zero-order valence-corrected chi connectivity index (χ0v) is 12.2. The minimum Gasteiger partial charge on any atom is -0.480 e. The number of carboxylic acid groups (broad SMARTS) is 1. The van der Waals surface area contributed by atoms with Gasteiger partial charge in [-0.2, -0.15) is 0 Å². The largest absolute Gasteiger partial charge is 0.480 e. The van der Waals surface area contributed by atoms with E-state index >= 15 is 0 Å². The van der Waals surface area contributed by atoms with Crippen LogP contribution in [0.4, 0.5) is 4.39 Å². The van der Waals surface area contributed by atoms with Crippen LogP contribution in [0.2, 0.25) is 0 Å². The molecule has 0 saturated carbocycles. The quantitative estimate of drug-likeness (QED) is 0.882. The van der Waals surface area contributed by atoms with Crippen molar-refractivity contribution in [3.63, 3.8) is 0 Å². The summed E-state index contributed by atoms with van der Waals surface area (Å²) in [4.78, 5) is 39.7. The van der Waals surface area contributed by atoms with Crippen LogP contribution >= 0.6 is 0 Å². The molecule has 120 valence electrons. The van der Waals surface area contributed by atoms with Crippen LogP contribution < -0.4 is 5.56 Å². The molecule has 0 bridgehead atoms. The van der Waals surface area contributed by atoms with Gasteiger partial charge in [0.2, 0.25) is 5.56 Å². The molecule has 0 radical (unpaired) electrons. The predicted octanol–water partition coefficient (Wildman–Crippen LogP) is 1.75. The van der Waals surface area contributed by atoms with E-state index in [-0.39, 0.29) is 11.1 Å². The highest BCUT2D eigenvalue weighted by Crippen LogP contribution is 2.23. The lowest BCUT2D eigenvalue weighted by Gasteiger charge is -2.33. The molecule has 1 aromatic carbocycles. The van der Waals surface area contributed by atoms with E-state index in [4.69, 9.17) is 0 Å². The minimum absolute atomic E-state index is 0.0944. The lowest BCUT2D eigenvalue weighted by atomic mass is 10.00. The number of likely N-dealkylation sites (tertiary alicyclic amines) is 1. The number of aromatic nitrogens is 1. The summed E-state index contributed by atoms with van der Waals surface area (Å²) < 4.78 is 13.3. The van der Waals surface area contributed by atoms with E-state index in [0.717, 1.165) is 18.6 Å². The lowest BCUT2D eigenvalue weighted by Crippen LogP contribution is -2.48. The number of benzene rings is 1. The molecule has 2 heterocycles. The van der Waals surface area contributed by atoms with Crippen molar-refractivity contribution < 1.29 is 19.1 Å².